The Morgan fingerprint density at radius 1 is 1.06 bits per heavy atom. The number of nitrogens with zero attached hydrogens (tertiary/aromatic N) is 3. The van der Waals surface area contributed by atoms with Gasteiger partial charge in [-0.05, 0) is 18.2 Å². The summed E-state index contributed by atoms with van der Waals surface area (Å²) in [5, 5.41) is 0. The van der Waals surface area contributed by atoms with Crippen LogP contribution < -0.4 is 0 Å². The van der Waals surface area contributed by atoms with Gasteiger partial charge in [-0.3, -0.25) is 9.97 Å². The third-order valence-corrected chi connectivity index (χ3v) is 3.42. The quantitative estimate of drug-likeness (QED) is 0.662. The van der Waals surface area contributed by atoms with Crippen LogP contribution in [0.2, 0.25) is 4.34 Å². The fourth-order valence-corrected chi connectivity index (χ4v) is 2.43. The molecule has 0 aliphatic heterocycles. The van der Waals surface area contributed by atoms with E-state index in [0.29, 0.717) is 0 Å². The lowest BCUT2D eigenvalue weighted by Crippen LogP contribution is -1.87. The van der Waals surface area contributed by atoms with E-state index in [1.54, 1.807) is 18.6 Å². The molecule has 0 spiro atoms. The minimum atomic E-state index is 0.753. The van der Waals surface area contributed by atoms with Crippen LogP contribution in [0.5, 0.6) is 0 Å². The molecule has 0 saturated carbocycles. The molecule has 3 nitrogen and oxygen atoms in total. The van der Waals surface area contributed by atoms with Gasteiger partial charge in [0.05, 0.1) is 32.8 Å². The topological polar surface area (TPSA) is 38.7 Å². The largest absolute Gasteiger partial charge is 0.262 e. The summed E-state index contributed by atoms with van der Waals surface area (Å²) in [7, 11) is 0. The number of aromatic nitrogens is 3. The van der Waals surface area contributed by atoms with Gasteiger partial charge in [0.15, 0.2) is 0 Å². The lowest BCUT2D eigenvalue weighted by Gasteiger charge is -1.98. The Kier molecular flexibility index (Phi) is 2.31. The average Bonchev–Trinajstić information content (AvgIpc) is 2.75. The summed E-state index contributed by atoms with van der Waals surface area (Å²) < 4.78 is 0.753. The molecular weight excluding hydrogens is 242 g/mol. The van der Waals surface area contributed by atoms with Crippen molar-refractivity contribution in [3.05, 3.63) is 41.1 Å². The normalized spacial score (nSPS) is 10.8. The van der Waals surface area contributed by atoms with Crippen molar-refractivity contribution in [1.82, 2.24) is 15.0 Å². The van der Waals surface area contributed by atoms with Crippen LogP contribution in [0.4, 0.5) is 0 Å². The van der Waals surface area contributed by atoms with Crippen molar-refractivity contribution in [3.63, 3.8) is 0 Å². The van der Waals surface area contributed by atoms with E-state index < -0.39 is 0 Å². The van der Waals surface area contributed by atoms with E-state index in [9.17, 15) is 0 Å². The minimum Gasteiger partial charge on any atom is -0.262 e. The predicted octanol–water partition coefficient (Wildman–Crippen LogP) is 3.41. The lowest BCUT2D eigenvalue weighted by molar-refractivity contribution is 1.26. The zero-order valence-electron chi connectivity index (χ0n) is 8.09. The minimum absolute atomic E-state index is 0.753. The van der Waals surface area contributed by atoms with Crippen molar-refractivity contribution < 1.29 is 0 Å². The molecule has 3 heterocycles. The monoisotopic (exact) mass is 247 g/mol. The van der Waals surface area contributed by atoms with E-state index in [2.05, 4.69) is 15.0 Å². The van der Waals surface area contributed by atoms with Crippen LogP contribution in [0.15, 0.2) is 36.8 Å². The molecule has 0 aliphatic carbocycles. The van der Waals surface area contributed by atoms with Gasteiger partial charge in [-0.25, -0.2) is 4.98 Å². The highest BCUT2D eigenvalue weighted by molar-refractivity contribution is 7.19. The molecule has 0 saturated heterocycles. The van der Waals surface area contributed by atoms with Crippen molar-refractivity contribution in [2.75, 3.05) is 0 Å². The van der Waals surface area contributed by atoms with E-state index in [1.165, 1.54) is 11.3 Å². The number of hydrogen-bond donors (Lipinski definition) is 0. The van der Waals surface area contributed by atoms with E-state index in [1.807, 2.05) is 18.2 Å². The highest BCUT2D eigenvalue weighted by Gasteiger charge is 2.04. The molecule has 3 aromatic heterocycles. The highest BCUT2D eigenvalue weighted by atomic mass is 35.5. The maximum Gasteiger partial charge on any atom is 0.108 e. The maximum absolute atomic E-state index is 5.89. The molecule has 0 unspecified atom stereocenters. The Balaban J connectivity index is 2.18. The van der Waals surface area contributed by atoms with Crippen LogP contribution in [0.25, 0.3) is 21.6 Å². The third-order valence-electron chi connectivity index (χ3n) is 2.17. The van der Waals surface area contributed by atoms with Gasteiger partial charge in [-0.2, -0.15) is 0 Å². The summed E-state index contributed by atoms with van der Waals surface area (Å²) in [4.78, 5) is 13.9. The molecule has 5 heteroatoms. The second-order valence-corrected chi connectivity index (χ2v) is 4.94. The lowest BCUT2D eigenvalue weighted by atomic mass is 10.3. The van der Waals surface area contributed by atoms with Crippen LogP contribution >= 0.6 is 22.9 Å². The van der Waals surface area contributed by atoms with Gasteiger partial charge in [0.1, 0.15) is 5.52 Å². The summed E-state index contributed by atoms with van der Waals surface area (Å²) >= 11 is 7.38. The summed E-state index contributed by atoms with van der Waals surface area (Å²) in [5.74, 6) is 0. The van der Waals surface area contributed by atoms with E-state index >= 15 is 0 Å². The second kappa shape index (κ2) is 3.81. The Morgan fingerprint density at radius 3 is 2.81 bits per heavy atom. The van der Waals surface area contributed by atoms with Crippen molar-refractivity contribution in [2.45, 2.75) is 0 Å². The zero-order chi connectivity index (χ0) is 11.0. The molecule has 16 heavy (non-hydrogen) atoms. The van der Waals surface area contributed by atoms with Gasteiger partial charge in [-0.15, -0.1) is 11.3 Å². The van der Waals surface area contributed by atoms with Crippen LogP contribution in [-0.4, -0.2) is 15.0 Å². The number of rotatable bonds is 1. The molecule has 0 aromatic carbocycles. The first-order valence-corrected chi connectivity index (χ1v) is 5.85. The second-order valence-electron chi connectivity index (χ2n) is 3.22. The molecule has 0 fully saturated rings. The van der Waals surface area contributed by atoms with Crippen LogP contribution in [-0.2, 0) is 0 Å². The first kappa shape index (κ1) is 9.69. The van der Waals surface area contributed by atoms with Gasteiger partial charge in [0.25, 0.3) is 0 Å². The number of halogens is 1. The fraction of sp³-hybridized carbons (Fsp3) is 0. The van der Waals surface area contributed by atoms with Gasteiger partial charge >= 0.3 is 0 Å². The molecule has 3 aromatic rings. The molecular formula is C11H6ClN3S. The number of pyridine rings is 1. The Hall–Kier alpha value is -1.52. The molecule has 3 rings (SSSR count). The van der Waals surface area contributed by atoms with Crippen LogP contribution in [0, 0.1) is 0 Å². The van der Waals surface area contributed by atoms with Gasteiger partial charge in [0.2, 0.25) is 0 Å². The Bertz CT molecular complexity index is 650. The van der Waals surface area contributed by atoms with Gasteiger partial charge in [-0.1, -0.05) is 11.6 Å². The molecule has 0 aliphatic rings. The third kappa shape index (κ3) is 1.66. The smallest absolute Gasteiger partial charge is 0.108 e. The van der Waals surface area contributed by atoms with Crippen molar-refractivity contribution in [2.24, 2.45) is 0 Å². The summed E-state index contributed by atoms with van der Waals surface area (Å²) in [6.07, 6.45) is 5.17. The van der Waals surface area contributed by atoms with Crippen molar-refractivity contribution in [1.29, 1.82) is 0 Å². The van der Waals surface area contributed by atoms with Gasteiger partial charge in [0, 0.05) is 6.20 Å². The maximum atomic E-state index is 5.89. The average molecular weight is 248 g/mol. The van der Waals surface area contributed by atoms with Gasteiger partial charge < -0.3 is 0 Å². The van der Waals surface area contributed by atoms with Crippen molar-refractivity contribution >= 4 is 34.0 Å². The summed E-state index contributed by atoms with van der Waals surface area (Å²) in [6, 6.07) is 5.64. The highest BCUT2D eigenvalue weighted by Crippen LogP contribution is 2.29. The molecule has 0 radical (unpaired) electrons. The summed E-state index contributed by atoms with van der Waals surface area (Å²) in [6.45, 7) is 0. The fourth-order valence-electron chi connectivity index (χ4n) is 1.43. The number of hydrogen-bond acceptors (Lipinski definition) is 4. The van der Waals surface area contributed by atoms with E-state index in [4.69, 9.17) is 11.6 Å². The van der Waals surface area contributed by atoms with E-state index in [-0.39, 0.29) is 0 Å². The summed E-state index contributed by atoms with van der Waals surface area (Å²) in [5.41, 5.74) is 2.48. The Morgan fingerprint density at radius 2 is 2.00 bits per heavy atom. The SMILES string of the molecule is Clc1ccc(-c2cnc3ccncc3n2)s1. The van der Waals surface area contributed by atoms with E-state index in [0.717, 1.165) is 25.9 Å². The molecule has 0 N–H and O–H groups in total. The van der Waals surface area contributed by atoms with Crippen LogP contribution in [0.3, 0.4) is 0 Å². The molecule has 78 valence electrons. The molecule has 0 atom stereocenters. The molecule has 0 amide bonds. The number of fused-ring (bicyclic) bond motifs is 1. The van der Waals surface area contributed by atoms with Crippen molar-refractivity contribution in [3.8, 4) is 10.6 Å². The Labute approximate surface area is 101 Å². The first-order chi connectivity index (χ1) is 7.83. The predicted molar refractivity (Wildman–Crippen MR) is 65.7 cm³/mol. The zero-order valence-corrected chi connectivity index (χ0v) is 9.66. The van der Waals surface area contributed by atoms with Crippen LogP contribution in [0.1, 0.15) is 0 Å². The number of thiophene rings is 1. The molecule has 0 bridgehead atoms. The first-order valence-electron chi connectivity index (χ1n) is 4.65. The standard InChI is InChI=1S/C11H6ClN3S/c12-11-2-1-10(16-11)9-6-14-7-3-4-13-5-8(7)15-9/h1-6H.